The van der Waals surface area contributed by atoms with Crippen molar-refractivity contribution in [1.29, 1.82) is 0 Å². The maximum Gasteiger partial charge on any atom is 0.338 e. The molecule has 13 heteroatoms. The Morgan fingerprint density at radius 2 is 2.02 bits per heavy atom. The average molecular weight is 594 g/mol. The number of aromatic nitrogens is 1. The molecule has 1 atom stereocenters. The number of nitrogens with zero attached hydrogens (tertiary/aromatic N) is 3. The number of allylic oxidation sites excluding steroid dienone is 1. The smallest absolute Gasteiger partial charge is 0.338 e. The van der Waals surface area contributed by atoms with Crippen LogP contribution < -0.4 is 24.4 Å². The van der Waals surface area contributed by atoms with E-state index in [4.69, 9.17) is 30.2 Å². The van der Waals surface area contributed by atoms with E-state index < -0.39 is 16.9 Å². The number of thiazole rings is 1. The maximum absolute atomic E-state index is 13.8. The van der Waals surface area contributed by atoms with Gasteiger partial charge in [-0.1, -0.05) is 29.0 Å². The highest BCUT2D eigenvalue weighted by Crippen LogP contribution is 2.38. The Morgan fingerprint density at radius 3 is 2.78 bits per heavy atom. The lowest BCUT2D eigenvalue weighted by atomic mass is 9.95. The molecule has 0 N–H and O–H groups in total. The lowest BCUT2D eigenvalue weighted by Crippen LogP contribution is -2.39. The topological polar surface area (TPSA) is 135 Å². The molecular formula is C28H20ClN3O8S. The van der Waals surface area contributed by atoms with Gasteiger partial charge in [0, 0.05) is 23.8 Å². The summed E-state index contributed by atoms with van der Waals surface area (Å²) in [5.74, 6) is 1.25. The SMILES string of the molecule is CCOC(=O)C1=C(C)N=c2s/c(=C/c3ccc(-c4ccc([N+](=O)[O-])cc4Cl)o3)c(=O)n2[C@H]1c1ccc2c(c1)OCO2. The van der Waals surface area contributed by atoms with Crippen LogP contribution in [0.4, 0.5) is 5.69 Å². The molecule has 2 aliphatic rings. The van der Waals surface area contributed by atoms with Crippen molar-refractivity contribution in [2.75, 3.05) is 13.4 Å². The summed E-state index contributed by atoms with van der Waals surface area (Å²) in [7, 11) is 0. The Kier molecular flexibility index (Phi) is 6.72. The number of carbonyl (C=O) groups is 1. The standard InChI is InChI=1S/C28H20ClN3O8S/c1-3-37-27(34)24-14(2)30-28-31(25(24)15-4-8-21-22(10-15)39-13-38-21)26(33)23(41-28)12-17-6-9-20(40-17)18-7-5-16(32(35)36)11-19(18)29/h4-12,25H,3,13H2,1-2H3/b23-12+/t25-/m0/s1. The van der Waals surface area contributed by atoms with Crippen LogP contribution in [-0.2, 0) is 9.53 Å². The summed E-state index contributed by atoms with van der Waals surface area (Å²) in [4.78, 5) is 42.4. The molecule has 0 bridgehead atoms. The number of rotatable bonds is 6. The molecule has 0 radical (unpaired) electrons. The first-order chi connectivity index (χ1) is 19.7. The molecule has 0 unspecified atom stereocenters. The number of carbonyl (C=O) groups excluding carboxylic acids is 1. The minimum absolute atomic E-state index is 0.0807. The van der Waals surface area contributed by atoms with Crippen LogP contribution in [0.1, 0.15) is 31.2 Å². The van der Waals surface area contributed by atoms with Gasteiger partial charge < -0.3 is 18.6 Å². The first-order valence-corrected chi connectivity index (χ1v) is 13.6. The summed E-state index contributed by atoms with van der Waals surface area (Å²) in [6.45, 7) is 3.65. The van der Waals surface area contributed by atoms with Gasteiger partial charge in [0.2, 0.25) is 6.79 Å². The first-order valence-electron chi connectivity index (χ1n) is 12.4. The van der Waals surface area contributed by atoms with Crippen LogP contribution in [0, 0.1) is 10.1 Å². The number of halogens is 1. The van der Waals surface area contributed by atoms with Crippen molar-refractivity contribution in [2.45, 2.75) is 19.9 Å². The van der Waals surface area contributed by atoms with Crippen molar-refractivity contribution in [1.82, 2.24) is 4.57 Å². The van der Waals surface area contributed by atoms with Crippen LogP contribution in [0.15, 0.2) is 74.0 Å². The molecule has 4 aromatic rings. The second-order valence-corrected chi connectivity index (χ2v) is 10.5. The minimum Gasteiger partial charge on any atom is -0.463 e. The van der Waals surface area contributed by atoms with E-state index in [9.17, 15) is 19.7 Å². The summed E-state index contributed by atoms with van der Waals surface area (Å²) in [5, 5.41) is 11.2. The summed E-state index contributed by atoms with van der Waals surface area (Å²) in [5.41, 5.74) is 1.27. The van der Waals surface area contributed by atoms with E-state index in [1.165, 1.54) is 22.8 Å². The number of ether oxygens (including phenoxy) is 3. The zero-order valence-corrected chi connectivity index (χ0v) is 23.2. The Bertz CT molecular complexity index is 1950. The van der Waals surface area contributed by atoms with E-state index in [1.807, 2.05) is 0 Å². The highest BCUT2D eigenvalue weighted by atomic mass is 35.5. The molecule has 6 rings (SSSR count). The summed E-state index contributed by atoms with van der Waals surface area (Å²) >= 11 is 7.41. The number of esters is 1. The molecule has 2 aromatic carbocycles. The fraction of sp³-hybridized carbons (Fsp3) is 0.179. The molecule has 2 aliphatic heterocycles. The Morgan fingerprint density at radius 1 is 1.22 bits per heavy atom. The van der Waals surface area contributed by atoms with E-state index in [0.29, 0.717) is 49.2 Å². The van der Waals surface area contributed by atoms with Crippen LogP contribution in [0.25, 0.3) is 17.4 Å². The Balaban J connectivity index is 1.45. The van der Waals surface area contributed by atoms with Crippen LogP contribution in [0.2, 0.25) is 5.02 Å². The third-order valence-corrected chi connectivity index (χ3v) is 7.85. The van der Waals surface area contributed by atoms with Gasteiger partial charge in [-0.3, -0.25) is 19.5 Å². The number of benzene rings is 2. The second kappa shape index (κ2) is 10.4. The summed E-state index contributed by atoms with van der Waals surface area (Å²) in [6, 6.07) is 11.9. The van der Waals surface area contributed by atoms with E-state index in [0.717, 1.165) is 11.3 Å². The summed E-state index contributed by atoms with van der Waals surface area (Å²) < 4.78 is 24.0. The van der Waals surface area contributed by atoms with Gasteiger partial charge in [0.05, 0.1) is 38.4 Å². The normalized spacial score (nSPS) is 16.0. The zero-order chi connectivity index (χ0) is 28.8. The molecule has 4 heterocycles. The van der Waals surface area contributed by atoms with Crippen molar-refractivity contribution in [2.24, 2.45) is 4.99 Å². The van der Waals surface area contributed by atoms with Crippen molar-refractivity contribution >= 4 is 40.7 Å². The number of hydrogen-bond donors (Lipinski definition) is 0. The van der Waals surface area contributed by atoms with Gasteiger partial charge in [-0.05, 0) is 49.7 Å². The number of furan rings is 1. The third kappa shape index (κ3) is 4.70. The molecular weight excluding hydrogens is 574 g/mol. The molecule has 0 aliphatic carbocycles. The molecule has 0 saturated heterocycles. The number of non-ortho nitro benzene ring substituents is 1. The van der Waals surface area contributed by atoms with Crippen molar-refractivity contribution in [3.05, 3.63) is 106 Å². The summed E-state index contributed by atoms with van der Waals surface area (Å²) in [6.07, 6.45) is 1.58. The van der Waals surface area contributed by atoms with Crippen LogP contribution >= 0.6 is 22.9 Å². The number of nitro groups is 1. The molecule has 0 amide bonds. The molecule has 0 spiro atoms. The molecule has 208 valence electrons. The maximum atomic E-state index is 13.8. The van der Waals surface area contributed by atoms with Gasteiger partial charge in [0.25, 0.3) is 11.2 Å². The first kappa shape index (κ1) is 26.5. The second-order valence-electron chi connectivity index (χ2n) is 9.04. The Hall–Kier alpha value is -4.68. The monoisotopic (exact) mass is 593 g/mol. The number of hydrogen-bond acceptors (Lipinski definition) is 10. The van der Waals surface area contributed by atoms with Gasteiger partial charge in [-0.25, -0.2) is 9.79 Å². The molecule has 11 nitrogen and oxygen atoms in total. The highest BCUT2D eigenvalue weighted by molar-refractivity contribution is 7.07. The minimum atomic E-state index is -0.812. The number of fused-ring (bicyclic) bond motifs is 2. The van der Waals surface area contributed by atoms with Gasteiger partial charge in [-0.15, -0.1) is 0 Å². The van der Waals surface area contributed by atoms with Gasteiger partial charge in [-0.2, -0.15) is 0 Å². The predicted octanol–water partition coefficient (Wildman–Crippen LogP) is 4.35. The molecule has 0 fully saturated rings. The zero-order valence-electron chi connectivity index (χ0n) is 21.6. The molecule has 41 heavy (non-hydrogen) atoms. The van der Waals surface area contributed by atoms with Gasteiger partial charge >= 0.3 is 5.97 Å². The fourth-order valence-electron chi connectivity index (χ4n) is 4.71. The van der Waals surface area contributed by atoms with Crippen LogP contribution in [0.3, 0.4) is 0 Å². The van der Waals surface area contributed by atoms with Crippen LogP contribution in [-0.4, -0.2) is 28.9 Å². The fourth-order valence-corrected chi connectivity index (χ4v) is 6.01. The van der Waals surface area contributed by atoms with Crippen molar-refractivity contribution < 1.29 is 28.3 Å². The lowest BCUT2D eigenvalue weighted by molar-refractivity contribution is -0.384. The highest BCUT2D eigenvalue weighted by Gasteiger charge is 2.34. The predicted molar refractivity (Wildman–Crippen MR) is 149 cm³/mol. The van der Waals surface area contributed by atoms with Crippen molar-refractivity contribution in [3.63, 3.8) is 0 Å². The van der Waals surface area contributed by atoms with Crippen LogP contribution in [0.5, 0.6) is 11.5 Å². The average Bonchev–Trinajstić information content (AvgIpc) is 3.67. The van der Waals surface area contributed by atoms with E-state index in [-0.39, 0.29) is 35.2 Å². The third-order valence-electron chi connectivity index (χ3n) is 6.56. The Labute approximate surface area is 240 Å². The quantitative estimate of drug-likeness (QED) is 0.183. The van der Waals surface area contributed by atoms with Crippen molar-refractivity contribution in [3.8, 4) is 22.8 Å². The van der Waals surface area contributed by atoms with Gasteiger partial charge in [0.1, 0.15) is 11.5 Å². The van der Waals surface area contributed by atoms with E-state index in [1.54, 1.807) is 50.3 Å². The van der Waals surface area contributed by atoms with Gasteiger partial charge in [0.15, 0.2) is 16.3 Å². The number of nitro benzene ring substituents is 1. The lowest BCUT2D eigenvalue weighted by Gasteiger charge is -2.24. The van der Waals surface area contributed by atoms with E-state index in [2.05, 4.69) is 4.99 Å². The molecule has 2 aromatic heterocycles. The molecule has 0 saturated carbocycles. The van der Waals surface area contributed by atoms with E-state index >= 15 is 0 Å². The largest absolute Gasteiger partial charge is 0.463 e.